The third-order valence-corrected chi connectivity index (χ3v) is 4.34. The molecule has 2 aromatic rings. The third-order valence-electron chi connectivity index (χ3n) is 4.34. The fraction of sp³-hybridized carbons (Fsp3) is 0.353. The van der Waals surface area contributed by atoms with E-state index in [1.807, 2.05) is 4.90 Å². The molecule has 1 amide bonds. The van der Waals surface area contributed by atoms with E-state index >= 15 is 0 Å². The van der Waals surface area contributed by atoms with Crippen LogP contribution in [0.15, 0.2) is 18.3 Å². The molecule has 0 atom stereocenters. The number of aliphatic hydroxyl groups excluding tert-OH is 1. The van der Waals surface area contributed by atoms with E-state index in [0.717, 1.165) is 18.4 Å². The van der Waals surface area contributed by atoms with Crippen LogP contribution >= 0.6 is 0 Å². The Morgan fingerprint density at radius 3 is 2.88 bits per heavy atom. The summed E-state index contributed by atoms with van der Waals surface area (Å²) >= 11 is 0. The van der Waals surface area contributed by atoms with Gasteiger partial charge in [0.1, 0.15) is 5.82 Å². The number of rotatable bonds is 3. The molecule has 0 aromatic carbocycles. The number of anilines is 3. The van der Waals surface area contributed by atoms with Gasteiger partial charge >= 0.3 is 0 Å². The van der Waals surface area contributed by atoms with Crippen LogP contribution in [0.1, 0.15) is 34.3 Å². The summed E-state index contributed by atoms with van der Waals surface area (Å²) < 4.78 is 13.9. The Morgan fingerprint density at radius 2 is 2.17 bits per heavy atom. The van der Waals surface area contributed by atoms with Crippen molar-refractivity contribution >= 4 is 23.2 Å². The molecule has 6 nitrogen and oxygen atoms in total. The van der Waals surface area contributed by atoms with Gasteiger partial charge in [-0.2, -0.15) is 9.37 Å². The highest BCUT2D eigenvalue weighted by molar-refractivity contribution is 6.12. The first-order valence-electron chi connectivity index (χ1n) is 7.96. The van der Waals surface area contributed by atoms with Gasteiger partial charge in [0.05, 0.1) is 11.3 Å². The summed E-state index contributed by atoms with van der Waals surface area (Å²) in [6, 6.07) is 3.21. The van der Waals surface area contributed by atoms with Crippen LogP contribution in [0, 0.1) is 12.9 Å². The zero-order valence-corrected chi connectivity index (χ0v) is 13.2. The number of amides is 1. The number of hydrogen-bond acceptors (Lipinski definition) is 5. The van der Waals surface area contributed by atoms with Crippen LogP contribution in [0.2, 0.25) is 0 Å². The highest BCUT2D eigenvalue weighted by atomic mass is 19.1. The van der Waals surface area contributed by atoms with Gasteiger partial charge in [0, 0.05) is 18.8 Å². The number of hydrogen-bond donors (Lipinski definition) is 2. The van der Waals surface area contributed by atoms with Crippen LogP contribution in [0.4, 0.5) is 21.7 Å². The topological polar surface area (TPSA) is 78.3 Å². The number of nitrogens with zero attached hydrogens (tertiary/aromatic N) is 3. The van der Waals surface area contributed by atoms with Gasteiger partial charge in [0.2, 0.25) is 5.95 Å². The molecule has 1 saturated carbocycles. The number of fused-ring (bicyclic) bond motifs is 2. The van der Waals surface area contributed by atoms with E-state index in [1.165, 1.54) is 6.07 Å². The van der Waals surface area contributed by atoms with E-state index in [-0.39, 0.29) is 18.6 Å². The van der Waals surface area contributed by atoms with Crippen LogP contribution in [0.25, 0.3) is 0 Å². The maximum atomic E-state index is 13.9. The molecular formula is C17H17FN4O2. The van der Waals surface area contributed by atoms with E-state index in [2.05, 4.69) is 15.3 Å². The van der Waals surface area contributed by atoms with Gasteiger partial charge in [0.15, 0.2) is 5.82 Å². The Bertz CT molecular complexity index is 836. The van der Waals surface area contributed by atoms with Crippen molar-refractivity contribution in [1.29, 1.82) is 0 Å². The minimum absolute atomic E-state index is 0.0134. The zero-order valence-electron chi connectivity index (χ0n) is 13.2. The summed E-state index contributed by atoms with van der Waals surface area (Å²) in [4.78, 5) is 23.0. The van der Waals surface area contributed by atoms with Crippen LogP contribution in [-0.4, -0.2) is 33.6 Å². The number of aryl methyl sites for hydroxylation is 1. The number of nitrogens with one attached hydrogen (secondary N) is 1. The molecule has 1 aliphatic carbocycles. The summed E-state index contributed by atoms with van der Waals surface area (Å²) in [5.41, 5.74) is 2.35. The van der Waals surface area contributed by atoms with Crippen LogP contribution in [-0.2, 0) is 6.42 Å². The first kappa shape index (κ1) is 15.0. The van der Waals surface area contributed by atoms with Gasteiger partial charge in [-0.15, -0.1) is 0 Å². The van der Waals surface area contributed by atoms with Crippen molar-refractivity contribution in [3.63, 3.8) is 0 Å². The number of aromatic nitrogens is 2. The average molecular weight is 328 g/mol. The lowest BCUT2D eigenvalue weighted by Crippen LogP contribution is -2.23. The number of pyridine rings is 2. The predicted octanol–water partition coefficient (Wildman–Crippen LogP) is 2.33. The molecule has 4 rings (SSSR count). The first-order valence-corrected chi connectivity index (χ1v) is 7.96. The summed E-state index contributed by atoms with van der Waals surface area (Å²) in [6.45, 7) is 1.73. The Labute approximate surface area is 138 Å². The van der Waals surface area contributed by atoms with Crippen molar-refractivity contribution in [1.82, 2.24) is 9.97 Å². The molecule has 0 unspecified atom stereocenters. The Morgan fingerprint density at radius 1 is 1.38 bits per heavy atom. The fourth-order valence-corrected chi connectivity index (χ4v) is 3.03. The summed E-state index contributed by atoms with van der Waals surface area (Å²) in [5, 5.41) is 12.0. The molecule has 1 fully saturated rings. The quantitative estimate of drug-likeness (QED) is 0.846. The van der Waals surface area contributed by atoms with Crippen molar-refractivity contribution in [3.05, 3.63) is 41.0 Å². The van der Waals surface area contributed by atoms with Crippen molar-refractivity contribution in [3.8, 4) is 0 Å². The minimum Gasteiger partial charge on any atom is -0.396 e. The Kier molecular flexibility index (Phi) is 3.45. The predicted molar refractivity (Wildman–Crippen MR) is 87.1 cm³/mol. The molecule has 124 valence electrons. The van der Waals surface area contributed by atoms with Crippen LogP contribution < -0.4 is 10.2 Å². The SMILES string of the molecule is Cc1cc(F)nc2c1NC(=O)c1cc(CCO)cnc1N2C1CC1. The molecule has 3 heterocycles. The molecule has 0 saturated heterocycles. The van der Waals surface area contributed by atoms with Crippen molar-refractivity contribution in [2.75, 3.05) is 16.8 Å². The number of carbonyl (C=O) groups is 1. The molecule has 2 N–H and O–H groups in total. The normalized spacial score (nSPS) is 16.3. The van der Waals surface area contributed by atoms with Gasteiger partial charge in [0.25, 0.3) is 5.91 Å². The van der Waals surface area contributed by atoms with Gasteiger partial charge in [-0.05, 0) is 49.4 Å². The molecule has 24 heavy (non-hydrogen) atoms. The molecule has 2 aliphatic rings. The lowest BCUT2D eigenvalue weighted by atomic mass is 10.1. The van der Waals surface area contributed by atoms with Crippen LogP contribution in [0.3, 0.4) is 0 Å². The fourth-order valence-electron chi connectivity index (χ4n) is 3.03. The van der Waals surface area contributed by atoms with E-state index in [4.69, 9.17) is 5.11 Å². The second-order valence-corrected chi connectivity index (χ2v) is 6.20. The summed E-state index contributed by atoms with van der Waals surface area (Å²) in [7, 11) is 0. The highest BCUT2D eigenvalue weighted by Crippen LogP contribution is 2.44. The molecule has 7 heteroatoms. The number of carbonyl (C=O) groups excluding carboxylic acids is 1. The zero-order chi connectivity index (χ0) is 16.8. The van der Waals surface area contributed by atoms with E-state index in [0.29, 0.717) is 34.9 Å². The maximum Gasteiger partial charge on any atom is 0.259 e. The van der Waals surface area contributed by atoms with Gasteiger partial charge < -0.3 is 15.3 Å². The molecule has 0 radical (unpaired) electrons. The van der Waals surface area contributed by atoms with E-state index in [1.54, 1.807) is 19.2 Å². The highest BCUT2D eigenvalue weighted by Gasteiger charge is 2.38. The molecule has 1 aliphatic heterocycles. The average Bonchev–Trinajstić information content (AvgIpc) is 3.36. The monoisotopic (exact) mass is 328 g/mol. The van der Waals surface area contributed by atoms with Crippen LogP contribution in [0.5, 0.6) is 0 Å². The lowest BCUT2D eigenvalue weighted by molar-refractivity contribution is 0.102. The largest absolute Gasteiger partial charge is 0.396 e. The first-order chi connectivity index (χ1) is 11.6. The van der Waals surface area contributed by atoms with Crippen molar-refractivity contribution in [2.45, 2.75) is 32.2 Å². The van der Waals surface area contributed by atoms with Crippen molar-refractivity contribution < 1.29 is 14.3 Å². The number of halogens is 1. The molecule has 0 spiro atoms. The lowest BCUT2D eigenvalue weighted by Gasteiger charge is -2.24. The Hall–Kier alpha value is -2.54. The van der Waals surface area contributed by atoms with Crippen molar-refractivity contribution in [2.24, 2.45) is 0 Å². The Balaban J connectivity index is 1.93. The minimum atomic E-state index is -0.577. The molecule has 0 bridgehead atoms. The second-order valence-electron chi connectivity index (χ2n) is 6.20. The van der Waals surface area contributed by atoms with Gasteiger partial charge in [-0.1, -0.05) is 0 Å². The summed E-state index contributed by atoms with van der Waals surface area (Å²) in [6.07, 6.45) is 3.97. The summed E-state index contributed by atoms with van der Waals surface area (Å²) in [5.74, 6) is 0.0298. The smallest absolute Gasteiger partial charge is 0.259 e. The third kappa shape index (κ3) is 2.41. The molecule has 2 aromatic heterocycles. The second kappa shape index (κ2) is 5.52. The maximum absolute atomic E-state index is 13.9. The van der Waals surface area contributed by atoms with E-state index < -0.39 is 5.95 Å². The van der Waals surface area contributed by atoms with Gasteiger partial charge in [-0.25, -0.2) is 4.98 Å². The number of aliphatic hydroxyl groups is 1. The van der Waals surface area contributed by atoms with Gasteiger partial charge in [-0.3, -0.25) is 4.79 Å². The molecular weight excluding hydrogens is 311 g/mol. The van der Waals surface area contributed by atoms with E-state index in [9.17, 15) is 9.18 Å². The standard InChI is InChI=1S/C17H17FN4O2/c1-9-6-13(18)20-16-14(9)21-17(24)12-7-10(4-5-23)8-19-15(12)22(16)11-2-3-11/h6-8,11,23H,2-5H2,1H3,(H,21,24).